The summed E-state index contributed by atoms with van der Waals surface area (Å²) in [6.07, 6.45) is 4.73. The maximum Gasteiger partial charge on any atom is 0.223 e. The second kappa shape index (κ2) is 8.51. The second-order valence-electron chi connectivity index (χ2n) is 5.85. The molecule has 4 nitrogen and oxygen atoms in total. The molecule has 0 aliphatic rings. The number of aryl methyl sites for hydroxylation is 2. The molecule has 1 aromatic carbocycles. The molecule has 23 heavy (non-hydrogen) atoms. The Balaban J connectivity index is 2.20. The maximum atomic E-state index is 5.35. The predicted octanol–water partition coefficient (Wildman–Crippen LogP) is 4.84. The average molecular weight is 313 g/mol. The predicted molar refractivity (Wildman–Crippen MR) is 95.0 cm³/mol. The van der Waals surface area contributed by atoms with Crippen LogP contribution in [0, 0.1) is 13.8 Å². The summed E-state index contributed by atoms with van der Waals surface area (Å²) in [7, 11) is 1.66. The molecule has 2 aromatic rings. The van der Waals surface area contributed by atoms with Crippen molar-refractivity contribution in [1.29, 1.82) is 0 Å². The Labute approximate surface area is 139 Å². The molecule has 0 aliphatic heterocycles. The minimum Gasteiger partial charge on any atom is -0.493 e. The second-order valence-corrected chi connectivity index (χ2v) is 5.85. The van der Waals surface area contributed by atoms with Gasteiger partial charge in [0.2, 0.25) is 5.95 Å². The summed E-state index contributed by atoms with van der Waals surface area (Å²) < 4.78 is 5.35. The molecule has 2 rings (SSSR count). The van der Waals surface area contributed by atoms with Crippen LogP contribution in [0.5, 0.6) is 5.75 Å². The highest BCUT2D eigenvalue weighted by Crippen LogP contribution is 2.26. The van der Waals surface area contributed by atoms with Crippen molar-refractivity contribution in [2.24, 2.45) is 0 Å². The number of aromatic nitrogens is 2. The molecular weight excluding hydrogens is 286 g/mol. The lowest BCUT2D eigenvalue weighted by Gasteiger charge is -2.20. The largest absolute Gasteiger partial charge is 0.493 e. The maximum absolute atomic E-state index is 5.35. The van der Waals surface area contributed by atoms with Crippen molar-refractivity contribution in [1.82, 2.24) is 9.97 Å². The van der Waals surface area contributed by atoms with Crippen molar-refractivity contribution in [3.05, 3.63) is 47.3 Å². The van der Waals surface area contributed by atoms with Crippen molar-refractivity contribution in [2.45, 2.75) is 52.5 Å². The fourth-order valence-corrected chi connectivity index (χ4v) is 2.83. The van der Waals surface area contributed by atoms with Crippen LogP contribution in [0.4, 0.5) is 5.95 Å². The SMILES string of the molecule is CCCCCC(Nc1nc(C)c(OC)c(C)n1)c1ccccc1. The summed E-state index contributed by atoms with van der Waals surface area (Å²) >= 11 is 0. The minimum atomic E-state index is 0.231. The van der Waals surface area contributed by atoms with Crippen LogP contribution >= 0.6 is 0 Å². The van der Waals surface area contributed by atoms with Gasteiger partial charge in [-0.2, -0.15) is 0 Å². The van der Waals surface area contributed by atoms with Crippen LogP contribution in [0.15, 0.2) is 30.3 Å². The fourth-order valence-electron chi connectivity index (χ4n) is 2.83. The molecule has 124 valence electrons. The van der Waals surface area contributed by atoms with E-state index in [0.29, 0.717) is 5.95 Å². The standard InChI is InChI=1S/C19H27N3O/c1-5-6-8-13-17(16-11-9-7-10-12-16)22-19-20-14(2)18(23-4)15(3)21-19/h7,9-12,17H,5-6,8,13H2,1-4H3,(H,20,21,22). The Morgan fingerprint density at radius 3 is 2.26 bits per heavy atom. The fraction of sp³-hybridized carbons (Fsp3) is 0.474. The van der Waals surface area contributed by atoms with Crippen LogP contribution < -0.4 is 10.1 Å². The van der Waals surface area contributed by atoms with E-state index in [2.05, 4.69) is 46.5 Å². The third kappa shape index (κ3) is 4.68. The zero-order valence-corrected chi connectivity index (χ0v) is 14.6. The summed E-state index contributed by atoms with van der Waals surface area (Å²) in [5, 5.41) is 3.51. The Bertz CT molecular complexity index is 590. The lowest BCUT2D eigenvalue weighted by Crippen LogP contribution is -2.14. The highest BCUT2D eigenvalue weighted by atomic mass is 16.5. The van der Waals surface area contributed by atoms with Crippen LogP contribution in [-0.4, -0.2) is 17.1 Å². The van der Waals surface area contributed by atoms with Crippen LogP contribution in [0.25, 0.3) is 0 Å². The van der Waals surface area contributed by atoms with Crippen molar-refractivity contribution in [2.75, 3.05) is 12.4 Å². The molecule has 1 heterocycles. The van der Waals surface area contributed by atoms with Crippen LogP contribution in [0.3, 0.4) is 0 Å². The molecule has 1 atom stereocenters. The van der Waals surface area contributed by atoms with Gasteiger partial charge in [0.05, 0.1) is 24.5 Å². The summed E-state index contributed by atoms with van der Waals surface area (Å²) in [5.74, 6) is 1.43. The number of anilines is 1. The third-order valence-electron chi connectivity index (χ3n) is 4.01. The molecule has 0 radical (unpaired) electrons. The summed E-state index contributed by atoms with van der Waals surface area (Å²) in [4.78, 5) is 9.10. The van der Waals surface area contributed by atoms with Gasteiger partial charge in [0.15, 0.2) is 5.75 Å². The Morgan fingerprint density at radius 2 is 1.70 bits per heavy atom. The minimum absolute atomic E-state index is 0.231. The van der Waals surface area contributed by atoms with Gasteiger partial charge in [0.1, 0.15) is 0 Å². The van der Waals surface area contributed by atoms with E-state index in [1.54, 1.807) is 7.11 Å². The Hall–Kier alpha value is -2.10. The number of hydrogen-bond acceptors (Lipinski definition) is 4. The number of benzene rings is 1. The van der Waals surface area contributed by atoms with Gasteiger partial charge in [-0.1, -0.05) is 56.5 Å². The molecule has 4 heteroatoms. The van der Waals surface area contributed by atoms with E-state index >= 15 is 0 Å². The van der Waals surface area contributed by atoms with E-state index in [0.717, 1.165) is 23.6 Å². The van der Waals surface area contributed by atoms with Gasteiger partial charge in [-0.25, -0.2) is 9.97 Å². The smallest absolute Gasteiger partial charge is 0.223 e. The number of nitrogens with zero attached hydrogens (tertiary/aromatic N) is 2. The highest BCUT2D eigenvalue weighted by Gasteiger charge is 2.14. The quantitative estimate of drug-likeness (QED) is 0.709. The van der Waals surface area contributed by atoms with Gasteiger partial charge in [-0.15, -0.1) is 0 Å². The van der Waals surface area contributed by atoms with Crippen molar-refractivity contribution >= 4 is 5.95 Å². The van der Waals surface area contributed by atoms with E-state index in [1.807, 2.05) is 19.9 Å². The number of methoxy groups -OCH3 is 1. The molecule has 1 aromatic heterocycles. The highest BCUT2D eigenvalue weighted by molar-refractivity contribution is 5.40. The zero-order chi connectivity index (χ0) is 16.7. The van der Waals surface area contributed by atoms with Gasteiger partial charge in [0.25, 0.3) is 0 Å². The first kappa shape index (κ1) is 17.3. The molecule has 0 saturated carbocycles. The molecular formula is C19H27N3O. The van der Waals surface area contributed by atoms with Crippen molar-refractivity contribution in [3.8, 4) is 5.75 Å². The summed E-state index contributed by atoms with van der Waals surface area (Å²) in [6.45, 7) is 6.13. The summed E-state index contributed by atoms with van der Waals surface area (Å²) in [5.41, 5.74) is 3.00. The molecule has 1 unspecified atom stereocenters. The van der Waals surface area contributed by atoms with Gasteiger partial charge < -0.3 is 10.1 Å². The van der Waals surface area contributed by atoms with Crippen molar-refractivity contribution in [3.63, 3.8) is 0 Å². The van der Waals surface area contributed by atoms with E-state index in [1.165, 1.54) is 24.8 Å². The molecule has 0 spiro atoms. The molecule has 0 aliphatic carbocycles. The van der Waals surface area contributed by atoms with E-state index in [4.69, 9.17) is 4.74 Å². The van der Waals surface area contributed by atoms with Crippen LogP contribution in [-0.2, 0) is 0 Å². The summed E-state index contributed by atoms with van der Waals surface area (Å²) in [6, 6.07) is 10.8. The number of ether oxygens (including phenoxy) is 1. The van der Waals surface area contributed by atoms with E-state index in [-0.39, 0.29) is 6.04 Å². The first-order valence-electron chi connectivity index (χ1n) is 8.36. The Morgan fingerprint density at radius 1 is 1.04 bits per heavy atom. The zero-order valence-electron chi connectivity index (χ0n) is 14.6. The lowest BCUT2D eigenvalue weighted by molar-refractivity contribution is 0.403. The molecule has 1 N–H and O–H groups in total. The average Bonchev–Trinajstić information content (AvgIpc) is 2.55. The van der Waals surface area contributed by atoms with E-state index < -0.39 is 0 Å². The monoisotopic (exact) mass is 313 g/mol. The number of unbranched alkanes of at least 4 members (excludes halogenated alkanes) is 2. The first-order valence-corrected chi connectivity index (χ1v) is 8.36. The molecule has 0 fully saturated rings. The number of hydrogen-bond donors (Lipinski definition) is 1. The number of nitrogens with one attached hydrogen (secondary N) is 1. The van der Waals surface area contributed by atoms with Gasteiger partial charge >= 0.3 is 0 Å². The van der Waals surface area contributed by atoms with E-state index in [9.17, 15) is 0 Å². The topological polar surface area (TPSA) is 47.0 Å². The van der Waals surface area contributed by atoms with Gasteiger partial charge in [-0.3, -0.25) is 0 Å². The molecule has 0 saturated heterocycles. The normalized spacial score (nSPS) is 12.0. The third-order valence-corrected chi connectivity index (χ3v) is 4.01. The first-order chi connectivity index (χ1) is 11.2. The molecule has 0 amide bonds. The van der Waals surface area contributed by atoms with Crippen LogP contribution in [0.1, 0.15) is 55.6 Å². The van der Waals surface area contributed by atoms with Gasteiger partial charge in [0, 0.05) is 0 Å². The number of rotatable bonds is 8. The lowest BCUT2D eigenvalue weighted by atomic mass is 10.0. The molecule has 0 bridgehead atoms. The van der Waals surface area contributed by atoms with Gasteiger partial charge in [-0.05, 0) is 25.8 Å². The van der Waals surface area contributed by atoms with Crippen LogP contribution in [0.2, 0.25) is 0 Å². The Kier molecular flexibility index (Phi) is 6.39. The van der Waals surface area contributed by atoms with Crippen molar-refractivity contribution < 1.29 is 4.74 Å².